The molecule has 0 bridgehead atoms. The number of nitrogens with zero attached hydrogens (tertiary/aromatic N) is 2. The Morgan fingerprint density at radius 3 is 1.92 bits per heavy atom. The van der Waals surface area contributed by atoms with E-state index in [9.17, 15) is 0 Å². The van der Waals surface area contributed by atoms with Gasteiger partial charge in [0.1, 0.15) is 0 Å². The molecule has 0 radical (unpaired) electrons. The predicted molar refractivity (Wildman–Crippen MR) is 56.8 cm³/mol. The summed E-state index contributed by atoms with van der Waals surface area (Å²) in [4.78, 5) is 4.95. The van der Waals surface area contributed by atoms with Crippen LogP contribution in [-0.2, 0) is 0 Å². The second kappa shape index (κ2) is 4.40. The van der Waals surface area contributed by atoms with Crippen molar-refractivity contribution < 1.29 is 0 Å². The summed E-state index contributed by atoms with van der Waals surface area (Å²) in [6, 6.07) is 0. The third kappa shape index (κ3) is 4.07. The highest BCUT2D eigenvalue weighted by molar-refractivity contribution is 4.80. The first-order valence-electron chi connectivity index (χ1n) is 5.25. The third-order valence-corrected chi connectivity index (χ3v) is 2.54. The summed E-state index contributed by atoms with van der Waals surface area (Å²) in [5, 5.41) is 0. The third-order valence-electron chi connectivity index (χ3n) is 2.54. The molecule has 1 aliphatic rings. The molecule has 0 aromatic rings. The quantitative estimate of drug-likeness (QED) is 0.689. The van der Waals surface area contributed by atoms with Crippen LogP contribution in [0, 0.1) is 0 Å². The molecule has 0 aliphatic carbocycles. The van der Waals surface area contributed by atoms with Crippen molar-refractivity contribution in [3.63, 3.8) is 0 Å². The first kappa shape index (κ1) is 11.0. The fourth-order valence-corrected chi connectivity index (χ4v) is 1.84. The first-order valence-corrected chi connectivity index (χ1v) is 5.25. The number of rotatable bonds is 3. The van der Waals surface area contributed by atoms with Crippen LogP contribution in [0.5, 0.6) is 0 Å². The lowest BCUT2D eigenvalue weighted by molar-refractivity contribution is 0.120. The number of hydrogen-bond donors (Lipinski definition) is 1. The molecular formula is C10H23N3. The van der Waals surface area contributed by atoms with Crippen LogP contribution < -0.4 is 5.73 Å². The van der Waals surface area contributed by atoms with Crippen LogP contribution >= 0.6 is 0 Å². The number of hydrogen-bond acceptors (Lipinski definition) is 3. The van der Waals surface area contributed by atoms with Gasteiger partial charge in [0.2, 0.25) is 0 Å². The van der Waals surface area contributed by atoms with E-state index >= 15 is 0 Å². The summed E-state index contributed by atoms with van der Waals surface area (Å²) in [6.45, 7) is 13.4. The fraction of sp³-hybridized carbons (Fsp3) is 1.00. The van der Waals surface area contributed by atoms with Crippen LogP contribution in [-0.4, -0.2) is 54.6 Å². The average Bonchev–Trinajstić information content (AvgIpc) is 2.03. The van der Waals surface area contributed by atoms with E-state index in [0.717, 1.165) is 6.54 Å². The SMILES string of the molecule is CCN1CCN(CC(C)(C)N)CC1. The van der Waals surface area contributed by atoms with Crippen LogP contribution in [0.4, 0.5) is 0 Å². The van der Waals surface area contributed by atoms with Crippen molar-refractivity contribution in [1.29, 1.82) is 0 Å². The molecule has 78 valence electrons. The Morgan fingerprint density at radius 1 is 1.08 bits per heavy atom. The van der Waals surface area contributed by atoms with Gasteiger partial charge in [-0.25, -0.2) is 0 Å². The maximum atomic E-state index is 5.98. The predicted octanol–water partition coefficient (Wildman–Crippen LogP) is 0.361. The van der Waals surface area contributed by atoms with Crippen molar-refractivity contribution >= 4 is 0 Å². The number of piperazine rings is 1. The van der Waals surface area contributed by atoms with E-state index in [0.29, 0.717) is 0 Å². The van der Waals surface area contributed by atoms with Gasteiger partial charge in [0.25, 0.3) is 0 Å². The van der Waals surface area contributed by atoms with Gasteiger partial charge in [-0.05, 0) is 20.4 Å². The Bertz CT molecular complexity index is 143. The van der Waals surface area contributed by atoms with Gasteiger partial charge >= 0.3 is 0 Å². The molecular weight excluding hydrogens is 162 g/mol. The maximum absolute atomic E-state index is 5.98. The van der Waals surface area contributed by atoms with Gasteiger partial charge in [-0.3, -0.25) is 4.90 Å². The normalized spacial score (nSPS) is 22.2. The number of nitrogens with two attached hydrogens (primary N) is 1. The van der Waals surface area contributed by atoms with Gasteiger partial charge in [0.05, 0.1) is 0 Å². The molecule has 0 aromatic carbocycles. The van der Waals surface area contributed by atoms with Gasteiger partial charge < -0.3 is 10.6 Å². The van der Waals surface area contributed by atoms with Gasteiger partial charge in [0, 0.05) is 38.3 Å². The molecule has 1 heterocycles. The zero-order valence-corrected chi connectivity index (χ0v) is 9.21. The van der Waals surface area contributed by atoms with Crippen molar-refractivity contribution in [2.45, 2.75) is 26.3 Å². The topological polar surface area (TPSA) is 32.5 Å². The van der Waals surface area contributed by atoms with Gasteiger partial charge in [-0.2, -0.15) is 0 Å². The highest BCUT2D eigenvalue weighted by Gasteiger charge is 2.20. The summed E-state index contributed by atoms with van der Waals surface area (Å²) >= 11 is 0. The van der Waals surface area contributed by atoms with Crippen molar-refractivity contribution in [3.8, 4) is 0 Å². The smallest absolute Gasteiger partial charge is 0.0226 e. The van der Waals surface area contributed by atoms with Gasteiger partial charge in [-0.15, -0.1) is 0 Å². The van der Waals surface area contributed by atoms with E-state index in [1.54, 1.807) is 0 Å². The molecule has 0 saturated carbocycles. The van der Waals surface area contributed by atoms with Crippen molar-refractivity contribution in [2.24, 2.45) is 5.73 Å². The Kier molecular flexibility index (Phi) is 3.71. The minimum atomic E-state index is -0.0472. The van der Waals surface area contributed by atoms with E-state index in [2.05, 4.69) is 30.6 Å². The maximum Gasteiger partial charge on any atom is 0.0226 e. The lowest BCUT2D eigenvalue weighted by Gasteiger charge is -2.37. The van der Waals surface area contributed by atoms with Gasteiger partial charge in [0.15, 0.2) is 0 Å². The van der Waals surface area contributed by atoms with Crippen LogP contribution in [0.2, 0.25) is 0 Å². The zero-order valence-electron chi connectivity index (χ0n) is 9.21. The van der Waals surface area contributed by atoms with Crippen LogP contribution in [0.3, 0.4) is 0 Å². The summed E-state index contributed by atoms with van der Waals surface area (Å²) in [5.41, 5.74) is 5.93. The van der Waals surface area contributed by atoms with E-state index in [4.69, 9.17) is 5.73 Å². The Balaban J connectivity index is 2.25. The van der Waals surface area contributed by atoms with E-state index in [-0.39, 0.29) is 5.54 Å². The Labute approximate surface area is 81.9 Å². The molecule has 0 unspecified atom stereocenters. The average molecular weight is 185 g/mol. The number of likely N-dealkylation sites (N-methyl/N-ethyl adjacent to an activating group) is 1. The molecule has 0 aromatic heterocycles. The standard InChI is InChI=1S/C10H23N3/c1-4-12-5-7-13(8-6-12)9-10(2,3)11/h4-9,11H2,1-3H3. The van der Waals surface area contributed by atoms with Crippen LogP contribution in [0.15, 0.2) is 0 Å². The monoisotopic (exact) mass is 185 g/mol. The summed E-state index contributed by atoms with van der Waals surface area (Å²) in [5.74, 6) is 0. The van der Waals surface area contributed by atoms with E-state index < -0.39 is 0 Å². The highest BCUT2D eigenvalue weighted by Crippen LogP contribution is 2.06. The Hall–Kier alpha value is -0.120. The zero-order chi connectivity index (χ0) is 9.90. The molecule has 1 fully saturated rings. The summed E-state index contributed by atoms with van der Waals surface area (Å²) in [6.07, 6.45) is 0. The highest BCUT2D eigenvalue weighted by atomic mass is 15.3. The molecule has 3 nitrogen and oxygen atoms in total. The summed E-state index contributed by atoms with van der Waals surface area (Å²) < 4.78 is 0. The second-order valence-corrected chi connectivity index (χ2v) is 4.70. The lowest BCUT2D eigenvalue weighted by Crippen LogP contribution is -2.52. The van der Waals surface area contributed by atoms with Crippen molar-refractivity contribution in [2.75, 3.05) is 39.3 Å². The molecule has 0 amide bonds. The summed E-state index contributed by atoms with van der Waals surface area (Å²) in [7, 11) is 0. The van der Waals surface area contributed by atoms with Crippen molar-refractivity contribution in [1.82, 2.24) is 9.80 Å². The largest absolute Gasteiger partial charge is 0.324 e. The molecule has 3 heteroatoms. The molecule has 1 aliphatic heterocycles. The van der Waals surface area contributed by atoms with Crippen LogP contribution in [0.25, 0.3) is 0 Å². The molecule has 0 spiro atoms. The molecule has 13 heavy (non-hydrogen) atoms. The second-order valence-electron chi connectivity index (χ2n) is 4.70. The van der Waals surface area contributed by atoms with E-state index in [1.165, 1.54) is 32.7 Å². The van der Waals surface area contributed by atoms with E-state index in [1.807, 2.05) is 0 Å². The molecule has 1 rings (SSSR count). The molecule has 2 N–H and O–H groups in total. The Morgan fingerprint density at radius 2 is 1.54 bits per heavy atom. The lowest BCUT2D eigenvalue weighted by atomic mass is 10.1. The molecule has 1 saturated heterocycles. The minimum Gasteiger partial charge on any atom is -0.324 e. The van der Waals surface area contributed by atoms with Crippen molar-refractivity contribution in [3.05, 3.63) is 0 Å². The first-order chi connectivity index (χ1) is 6.01. The van der Waals surface area contributed by atoms with Gasteiger partial charge in [-0.1, -0.05) is 6.92 Å². The molecule has 0 atom stereocenters. The fourth-order valence-electron chi connectivity index (χ4n) is 1.84. The van der Waals surface area contributed by atoms with Crippen LogP contribution in [0.1, 0.15) is 20.8 Å². The minimum absolute atomic E-state index is 0.0472.